The van der Waals surface area contributed by atoms with E-state index >= 15 is 0 Å². The van der Waals surface area contributed by atoms with Crippen LogP contribution in [0.3, 0.4) is 0 Å². The van der Waals surface area contributed by atoms with Crippen LogP contribution in [0, 0.1) is 0 Å². The second kappa shape index (κ2) is 12.8. The van der Waals surface area contributed by atoms with Gasteiger partial charge in [0.1, 0.15) is 18.1 Å². The molecule has 1 aliphatic rings. The van der Waals surface area contributed by atoms with E-state index in [1.54, 1.807) is 18.4 Å². The molecule has 0 radical (unpaired) electrons. The minimum Gasteiger partial charge on any atom is -0.491 e. The molecular weight excluding hydrogens is 572 g/mol. The molecule has 1 aromatic heterocycles. The first-order valence-corrected chi connectivity index (χ1v) is 14.9. The molecule has 5 rings (SSSR count). The molecule has 0 saturated carbocycles. The third-order valence-corrected chi connectivity index (χ3v) is 7.94. The molecule has 2 heterocycles. The first kappa shape index (κ1) is 29.4. The number of carbonyl (C=O) groups is 1. The quantitative estimate of drug-likeness (QED) is 0.226. The fourth-order valence-electron chi connectivity index (χ4n) is 4.73. The van der Waals surface area contributed by atoms with Crippen LogP contribution in [0.2, 0.25) is 5.02 Å². The first-order valence-electron chi connectivity index (χ1n) is 13.7. The van der Waals surface area contributed by atoms with Crippen molar-refractivity contribution in [2.24, 2.45) is 4.99 Å². The number of hydrogen-bond acceptors (Lipinski definition) is 7. The zero-order valence-corrected chi connectivity index (χ0v) is 25.4. The third-order valence-electron chi connectivity index (χ3n) is 6.59. The Hall–Kier alpha value is -4.14. The summed E-state index contributed by atoms with van der Waals surface area (Å²) in [6.07, 6.45) is 1.83. The lowest BCUT2D eigenvalue weighted by Gasteiger charge is -2.25. The van der Waals surface area contributed by atoms with Crippen molar-refractivity contribution in [2.75, 3.05) is 6.61 Å². The molecule has 216 valence electrons. The van der Waals surface area contributed by atoms with E-state index < -0.39 is 12.0 Å². The highest BCUT2D eigenvalue weighted by atomic mass is 35.5. The molecule has 1 aliphatic heterocycles. The Labute approximate surface area is 253 Å². The summed E-state index contributed by atoms with van der Waals surface area (Å²) < 4.78 is 19.2. The molecule has 7 nitrogen and oxygen atoms in total. The van der Waals surface area contributed by atoms with Crippen molar-refractivity contribution in [1.82, 2.24) is 4.57 Å². The van der Waals surface area contributed by atoms with Crippen LogP contribution in [-0.2, 0) is 16.1 Å². The maximum absolute atomic E-state index is 13.9. The van der Waals surface area contributed by atoms with Gasteiger partial charge in [-0.2, -0.15) is 0 Å². The Balaban J connectivity index is 1.53. The average molecular weight is 603 g/mol. The second-order valence-corrected chi connectivity index (χ2v) is 11.4. The minimum atomic E-state index is -0.694. The highest BCUT2D eigenvalue weighted by Gasteiger charge is 2.33. The fourth-order valence-corrected chi connectivity index (χ4v) is 5.97. The van der Waals surface area contributed by atoms with E-state index in [1.807, 2.05) is 92.7 Å². The number of ether oxygens (including phenoxy) is 3. The molecule has 0 amide bonds. The third kappa shape index (κ3) is 6.35. The van der Waals surface area contributed by atoms with Gasteiger partial charge < -0.3 is 14.2 Å². The summed E-state index contributed by atoms with van der Waals surface area (Å²) in [6, 6.07) is 21.8. The topological polar surface area (TPSA) is 79.1 Å². The predicted molar refractivity (Wildman–Crippen MR) is 165 cm³/mol. The van der Waals surface area contributed by atoms with Crippen LogP contribution in [0.4, 0.5) is 0 Å². The van der Waals surface area contributed by atoms with Crippen LogP contribution >= 0.6 is 22.9 Å². The zero-order chi connectivity index (χ0) is 29.8. The van der Waals surface area contributed by atoms with Gasteiger partial charge in [0, 0.05) is 10.6 Å². The Morgan fingerprint density at radius 2 is 1.83 bits per heavy atom. The molecule has 42 heavy (non-hydrogen) atoms. The van der Waals surface area contributed by atoms with Gasteiger partial charge in [0.2, 0.25) is 0 Å². The number of esters is 1. The number of thiazole rings is 1. The number of halogens is 1. The lowest BCUT2D eigenvalue weighted by atomic mass is 9.96. The molecule has 0 aliphatic carbocycles. The number of hydrogen-bond donors (Lipinski definition) is 0. The molecule has 1 atom stereocenters. The van der Waals surface area contributed by atoms with Gasteiger partial charge in [-0.05, 0) is 75.2 Å². The van der Waals surface area contributed by atoms with Gasteiger partial charge in [0.05, 0.1) is 34.6 Å². The standard InChI is InChI=1S/C33H31ClN2O5S/c1-5-39-32(38)29-21(4)35-33-36(30(29)23-13-15-25(16-14-23)41-20(2)3)31(37)28(42-33)18-22-9-8-11-26(17-22)40-19-24-10-6-7-12-27(24)34/h6-18,20,30H,5,19H2,1-4H3/b28-18+/t30-/m0/s1. The highest BCUT2D eigenvalue weighted by Crippen LogP contribution is 2.32. The number of rotatable bonds is 9. The highest BCUT2D eigenvalue weighted by molar-refractivity contribution is 7.07. The maximum atomic E-state index is 13.9. The van der Waals surface area contributed by atoms with Crippen molar-refractivity contribution in [1.29, 1.82) is 0 Å². The lowest BCUT2D eigenvalue weighted by Crippen LogP contribution is -2.39. The number of carbonyl (C=O) groups excluding carboxylic acids is 1. The number of fused-ring (bicyclic) bond motifs is 1. The number of benzene rings is 3. The molecule has 0 bridgehead atoms. The zero-order valence-electron chi connectivity index (χ0n) is 23.8. The normalized spacial score (nSPS) is 14.9. The molecule has 4 aromatic rings. The Morgan fingerprint density at radius 3 is 2.55 bits per heavy atom. The molecule has 9 heteroatoms. The summed E-state index contributed by atoms with van der Waals surface area (Å²) >= 11 is 7.54. The van der Waals surface area contributed by atoms with Crippen molar-refractivity contribution in [3.63, 3.8) is 0 Å². The van der Waals surface area contributed by atoms with Gasteiger partial charge in [-0.1, -0.05) is 65.4 Å². The minimum absolute atomic E-state index is 0.0193. The predicted octanol–water partition coefficient (Wildman–Crippen LogP) is 5.82. The van der Waals surface area contributed by atoms with Crippen LogP contribution in [0.1, 0.15) is 50.4 Å². The molecule has 0 fully saturated rings. The van der Waals surface area contributed by atoms with Crippen molar-refractivity contribution in [3.8, 4) is 11.5 Å². The summed E-state index contributed by atoms with van der Waals surface area (Å²) in [5.74, 6) is 0.860. The van der Waals surface area contributed by atoms with Crippen LogP contribution in [-0.4, -0.2) is 23.2 Å². The van der Waals surface area contributed by atoms with Gasteiger partial charge >= 0.3 is 5.97 Å². The summed E-state index contributed by atoms with van der Waals surface area (Å²) in [4.78, 5) is 32.2. The van der Waals surface area contributed by atoms with Crippen LogP contribution in [0.15, 0.2) is 93.9 Å². The Morgan fingerprint density at radius 1 is 1.07 bits per heavy atom. The average Bonchev–Trinajstić information content (AvgIpc) is 3.26. The van der Waals surface area contributed by atoms with E-state index in [4.69, 9.17) is 25.8 Å². The van der Waals surface area contributed by atoms with E-state index in [1.165, 1.54) is 11.3 Å². The van der Waals surface area contributed by atoms with Crippen molar-refractivity contribution >= 4 is 35.0 Å². The summed E-state index contributed by atoms with van der Waals surface area (Å²) in [5.41, 5.74) is 3.04. The van der Waals surface area contributed by atoms with E-state index in [0.717, 1.165) is 16.7 Å². The van der Waals surface area contributed by atoms with Crippen molar-refractivity contribution in [2.45, 2.75) is 46.4 Å². The summed E-state index contributed by atoms with van der Waals surface area (Å²) in [6.45, 7) is 7.97. The molecular formula is C33H31ClN2O5S. The van der Waals surface area contributed by atoms with Crippen LogP contribution in [0.5, 0.6) is 11.5 Å². The first-order chi connectivity index (χ1) is 20.2. The van der Waals surface area contributed by atoms with E-state index in [0.29, 0.717) is 43.7 Å². The van der Waals surface area contributed by atoms with Gasteiger partial charge in [-0.15, -0.1) is 0 Å². The number of nitrogens with zero attached hydrogens (tertiary/aromatic N) is 2. The molecule has 0 N–H and O–H groups in total. The SMILES string of the molecule is CCOC(=O)C1=C(C)N=c2s/c(=C/c3cccc(OCc4ccccc4Cl)c3)c(=O)n2[C@H]1c1ccc(OC(C)C)cc1. The van der Waals surface area contributed by atoms with Crippen LogP contribution < -0.4 is 24.4 Å². The van der Waals surface area contributed by atoms with E-state index in [2.05, 4.69) is 4.99 Å². The lowest BCUT2D eigenvalue weighted by molar-refractivity contribution is -0.139. The largest absolute Gasteiger partial charge is 0.491 e. The summed E-state index contributed by atoms with van der Waals surface area (Å²) in [5, 5.41) is 0.642. The number of aromatic nitrogens is 1. The Kier molecular flexibility index (Phi) is 8.94. The number of allylic oxidation sites excluding steroid dienone is 1. The van der Waals surface area contributed by atoms with Gasteiger partial charge in [0.25, 0.3) is 5.56 Å². The maximum Gasteiger partial charge on any atom is 0.338 e. The summed E-state index contributed by atoms with van der Waals surface area (Å²) in [7, 11) is 0. The Bertz CT molecular complexity index is 1820. The van der Waals surface area contributed by atoms with Gasteiger partial charge in [-0.25, -0.2) is 9.79 Å². The smallest absolute Gasteiger partial charge is 0.338 e. The fraction of sp³-hybridized carbons (Fsp3) is 0.242. The second-order valence-electron chi connectivity index (χ2n) is 9.99. The van der Waals surface area contributed by atoms with E-state index in [9.17, 15) is 9.59 Å². The van der Waals surface area contributed by atoms with E-state index in [-0.39, 0.29) is 18.3 Å². The van der Waals surface area contributed by atoms with Crippen molar-refractivity contribution in [3.05, 3.63) is 125 Å². The van der Waals surface area contributed by atoms with Gasteiger partial charge in [0.15, 0.2) is 4.80 Å². The molecule has 3 aromatic carbocycles. The van der Waals surface area contributed by atoms with Gasteiger partial charge in [-0.3, -0.25) is 9.36 Å². The van der Waals surface area contributed by atoms with Crippen LogP contribution in [0.25, 0.3) is 6.08 Å². The molecule has 0 spiro atoms. The van der Waals surface area contributed by atoms with Crippen molar-refractivity contribution < 1.29 is 19.0 Å². The monoisotopic (exact) mass is 602 g/mol. The molecule has 0 unspecified atom stereocenters. The molecule has 0 saturated heterocycles.